The van der Waals surface area contributed by atoms with Crippen molar-refractivity contribution in [3.05, 3.63) is 29.8 Å². The first kappa shape index (κ1) is 13.7. The fourth-order valence-corrected chi connectivity index (χ4v) is 2.59. The van der Waals surface area contributed by atoms with Crippen LogP contribution >= 0.6 is 0 Å². The lowest BCUT2D eigenvalue weighted by Gasteiger charge is -2.44. The summed E-state index contributed by atoms with van der Waals surface area (Å²) >= 11 is 0. The van der Waals surface area contributed by atoms with Gasteiger partial charge in [0.25, 0.3) is 0 Å². The van der Waals surface area contributed by atoms with E-state index in [0.29, 0.717) is 18.4 Å². The highest BCUT2D eigenvalue weighted by Crippen LogP contribution is 2.47. The van der Waals surface area contributed by atoms with Gasteiger partial charge in [-0.2, -0.15) is 8.78 Å². The maximum Gasteiger partial charge on any atom is 0.387 e. The van der Waals surface area contributed by atoms with E-state index in [2.05, 4.69) is 4.74 Å². The van der Waals surface area contributed by atoms with Gasteiger partial charge >= 0.3 is 12.6 Å². The zero-order valence-corrected chi connectivity index (χ0v) is 10.4. The minimum atomic E-state index is -2.94. The second-order valence-corrected chi connectivity index (χ2v) is 4.62. The number of nitrogens with two attached hydrogens (primary N) is 1. The molecule has 2 rings (SSSR count). The SMILES string of the molecule is COC(=O)C1(c2ccccc2OC(F)F)CC(N)C1. The highest BCUT2D eigenvalue weighted by atomic mass is 19.3. The molecule has 0 amide bonds. The van der Waals surface area contributed by atoms with Crippen LogP contribution in [0.1, 0.15) is 18.4 Å². The summed E-state index contributed by atoms with van der Waals surface area (Å²) in [4.78, 5) is 12.0. The van der Waals surface area contributed by atoms with Gasteiger partial charge in [-0.25, -0.2) is 0 Å². The summed E-state index contributed by atoms with van der Waals surface area (Å²) in [5.74, 6) is -0.477. The lowest BCUT2D eigenvalue weighted by molar-refractivity contribution is -0.152. The first-order valence-electron chi connectivity index (χ1n) is 5.88. The van der Waals surface area contributed by atoms with Gasteiger partial charge in [-0.3, -0.25) is 4.79 Å². The standard InChI is InChI=1S/C13H15F2NO3/c1-18-11(17)13(6-8(16)7-13)9-4-2-3-5-10(9)19-12(14)15/h2-5,8,12H,6-7,16H2,1H3. The molecule has 0 unspecified atom stereocenters. The first-order chi connectivity index (χ1) is 8.99. The van der Waals surface area contributed by atoms with Crippen LogP contribution in [0, 0.1) is 0 Å². The smallest absolute Gasteiger partial charge is 0.387 e. The molecule has 0 bridgehead atoms. The van der Waals surface area contributed by atoms with Crippen LogP contribution in [0.4, 0.5) is 8.78 Å². The number of carbonyl (C=O) groups excluding carboxylic acids is 1. The predicted molar refractivity (Wildman–Crippen MR) is 64.0 cm³/mol. The molecular weight excluding hydrogens is 256 g/mol. The summed E-state index contributed by atoms with van der Waals surface area (Å²) in [5, 5.41) is 0. The number of ether oxygens (including phenoxy) is 2. The second-order valence-electron chi connectivity index (χ2n) is 4.62. The van der Waals surface area contributed by atoms with Crippen LogP contribution in [0.15, 0.2) is 24.3 Å². The Balaban J connectivity index is 2.40. The zero-order valence-electron chi connectivity index (χ0n) is 10.4. The van der Waals surface area contributed by atoms with E-state index in [4.69, 9.17) is 10.5 Å². The number of halogens is 2. The Bertz CT molecular complexity index is 473. The second kappa shape index (κ2) is 5.13. The van der Waals surface area contributed by atoms with E-state index in [1.165, 1.54) is 13.2 Å². The maximum atomic E-state index is 12.4. The number of rotatable bonds is 4. The summed E-state index contributed by atoms with van der Waals surface area (Å²) in [6.07, 6.45) is 0.729. The van der Waals surface area contributed by atoms with Crippen LogP contribution in [0.2, 0.25) is 0 Å². The molecule has 4 nitrogen and oxygen atoms in total. The summed E-state index contributed by atoms with van der Waals surface area (Å²) in [7, 11) is 1.27. The molecule has 1 aliphatic rings. The molecule has 1 aromatic carbocycles. The van der Waals surface area contributed by atoms with Crippen molar-refractivity contribution in [1.29, 1.82) is 0 Å². The van der Waals surface area contributed by atoms with Gasteiger partial charge in [0.05, 0.1) is 12.5 Å². The fourth-order valence-electron chi connectivity index (χ4n) is 2.59. The Morgan fingerprint density at radius 3 is 2.58 bits per heavy atom. The van der Waals surface area contributed by atoms with E-state index in [9.17, 15) is 13.6 Å². The van der Waals surface area contributed by atoms with E-state index in [0.717, 1.165) is 0 Å². The molecule has 0 heterocycles. The molecule has 104 valence electrons. The lowest BCUT2D eigenvalue weighted by Crippen LogP contribution is -2.54. The van der Waals surface area contributed by atoms with E-state index in [-0.39, 0.29) is 11.8 Å². The van der Waals surface area contributed by atoms with Crippen molar-refractivity contribution in [3.63, 3.8) is 0 Å². The molecule has 0 aromatic heterocycles. The monoisotopic (exact) mass is 271 g/mol. The number of methoxy groups -OCH3 is 1. The van der Waals surface area contributed by atoms with Gasteiger partial charge in [-0.15, -0.1) is 0 Å². The van der Waals surface area contributed by atoms with E-state index in [1.807, 2.05) is 0 Å². The molecule has 19 heavy (non-hydrogen) atoms. The molecule has 0 spiro atoms. The number of esters is 1. The van der Waals surface area contributed by atoms with E-state index >= 15 is 0 Å². The molecule has 1 aromatic rings. The van der Waals surface area contributed by atoms with Crippen LogP contribution < -0.4 is 10.5 Å². The number of carbonyl (C=O) groups is 1. The van der Waals surface area contributed by atoms with Crippen LogP contribution in [0.5, 0.6) is 5.75 Å². The van der Waals surface area contributed by atoms with Gasteiger partial charge < -0.3 is 15.2 Å². The van der Waals surface area contributed by atoms with Crippen molar-refractivity contribution in [2.24, 2.45) is 5.73 Å². The molecule has 6 heteroatoms. The Kier molecular flexibility index (Phi) is 3.71. The quantitative estimate of drug-likeness (QED) is 0.848. The van der Waals surface area contributed by atoms with Crippen molar-refractivity contribution >= 4 is 5.97 Å². The van der Waals surface area contributed by atoms with Gasteiger partial charge in [-0.05, 0) is 18.9 Å². The van der Waals surface area contributed by atoms with Crippen molar-refractivity contribution < 1.29 is 23.0 Å². The summed E-state index contributed by atoms with van der Waals surface area (Å²) in [6, 6.07) is 6.11. The van der Waals surface area contributed by atoms with Gasteiger partial charge in [0.2, 0.25) is 0 Å². The molecule has 1 saturated carbocycles. The third-order valence-corrected chi connectivity index (χ3v) is 3.42. The minimum Gasteiger partial charge on any atom is -0.468 e. The maximum absolute atomic E-state index is 12.4. The Labute approximate surface area is 109 Å². The van der Waals surface area contributed by atoms with Crippen molar-refractivity contribution in [2.45, 2.75) is 30.9 Å². The lowest BCUT2D eigenvalue weighted by atomic mass is 9.61. The first-order valence-corrected chi connectivity index (χ1v) is 5.88. The number of alkyl halides is 2. The van der Waals surface area contributed by atoms with Gasteiger partial charge in [0.1, 0.15) is 5.75 Å². The Morgan fingerprint density at radius 2 is 2.05 bits per heavy atom. The van der Waals surface area contributed by atoms with Crippen molar-refractivity contribution in [3.8, 4) is 5.75 Å². The van der Waals surface area contributed by atoms with Crippen molar-refractivity contribution in [1.82, 2.24) is 0 Å². The zero-order chi connectivity index (χ0) is 14.0. The minimum absolute atomic E-state index is 0.00481. The summed E-state index contributed by atoms with van der Waals surface area (Å²) in [5.41, 5.74) is 5.17. The molecule has 2 N–H and O–H groups in total. The largest absolute Gasteiger partial charge is 0.468 e. The molecule has 1 aliphatic carbocycles. The van der Waals surface area contributed by atoms with Gasteiger partial charge in [-0.1, -0.05) is 18.2 Å². The number of benzene rings is 1. The fraction of sp³-hybridized carbons (Fsp3) is 0.462. The van der Waals surface area contributed by atoms with E-state index in [1.54, 1.807) is 18.2 Å². The van der Waals surface area contributed by atoms with Gasteiger partial charge in [0.15, 0.2) is 0 Å². The molecule has 0 saturated heterocycles. The highest BCUT2D eigenvalue weighted by Gasteiger charge is 2.52. The number of hydrogen-bond acceptors (Lipinski definition) is 4. The Hall–Kier alpha value is -1.69. The van der Waals surface area contributed by atoms with Crippen LogP contribution in [-0.4, -0.2) is 25.7 Å². The molecule has 0 aliphatic heterocycles. The topological polar surface area (TPSA) is 61.5 Å². The molecular formula is C13H15F2NO3. The average Bonchev–Trinajstić information content (AvgIpc) is 2.34. The number of para-hydroxylation sites is 1. The number of hydrogen-bond donors (Lipinski definition) is 1. The molecule has 1 fully saturated rings. The van der Waals surface area contributed by atoms with Crippen LogP contribution in [-0.2, 0) is 14.9 Å². The summed E-state index contributed by atoms with van der Waals surface area (Å²) in [6.45, 7) is -2.94. The average molecular weight is 271 g/mol. The third kappa shape index (κ3) is 2.40. The predicted octanol–water partition coefficient (Wildman–Crippen LogP) is 1.82. The van der Waals surface area contributed by atoms with Crippen LogP contribution in [0.3, 0.4) is 0 Å². The molecule has 0 atom stereocenters. The summed E-state index contributed by atoms with van der Waals surface area (Å²) < 4.78 is 34.1. The normalized spacial score (nSPS) is 25.8. The Morgan fingerprint density at radius 1 is 1.42 bits per heavy atom. The van der Waals surface area contributed by atoms with Crippen LogP contribution in [0.25, 0.3) is 0 Å². The van der Waals surface area contributed by atoms with Gasteiger partial charge in [0, 0.05) is 11.6 Å². The highest BCUT2D eigenvalue weighted by molar-refractivity contribution is 5.85. The molecule has 0 radical (unpaired) electrons. The third-order valence-electron chi connectivity index (χ3n) is 3.42. The van der Waals surface area contributed by atoms with Crippen molar-refractivity contribution in [2.75, 3.05) is 7.11 Å². The van der Waals surface area contributed by atoms with E-state index < -0.39 is 18.0 Å².